The summed E-state index contributed by atoms with van der Waals surface area (Å²) in [6.07, 6.45) is 5.06. The van der Waals surface area contributed by atoms with Crippen LogP contribution in [-0.2, 0) is 6.54 Å². The minimum Gasteiger partial charge on any atom is -0.396 e. The van der Waals surface area contributed by atoms with Gasteiger partial charge in [-0.25, -0.2) is 4.98 Å². The second-order valence-electron chi connectivity index (χ2n) is 4.47. The number of carbonyl (C=O) groups is 1. The maximum absolute atomic E-state index is 11.7. The molecule has 1 amide bonds. The maximum atomic E-state index is 11.7. The third kappa shape index (κ3) is 4.85. The van der Waals surface area contributed by atoms with E-state index >= 15 is 0 Å². The zero-order chi connectivity index (χ0) is 13.4. The van der Waals surface area contributed by atoms with E-state index in [-0.39, 0.29) is 18.4 Å². The van der Waals surface area contributed by atoms with E-state index in [1.165, 1.54) is 0 Å². The Morgan fingerprint density at radius 3 is 3.11 bits per heavy atom. The largest absolute Gasteiger partial charge is 0.396 e. The number of nitrogens with zero attached hydrogens (tertiary/aromatic N) is 2. The topological polar surface area (TPSA) is 93.2 Å². The molecule has 0 aliphatic rings. The first-order chi connectivity index (χ1) is 8.67. The van der Waals surface area contributed by atoms with Gasteiger partial charge in [-0.2, -0.15) is 0 Å². The van der Waals surface area contributed by atoms with Gasteiger partial charge in [-0.05, 0) is 18.8 Å². The molecule has 18 heavy (non-hydrogen) atoms. The van der Waals surface area contributed by atoms with Gasteiger partial charge in [-0.3, -0.25) is 4.79 Å². The first-order valence-corrected chi connectivity index (χ1v) is 6.28. The molecule has 6 nitrogen and oxygen atoms in total. The Kier molecular flexibility index (Phi) is 6.38. The van der Waals surface area contributed by atoms with Crippen molar-refractivity contribution in [3.63, 3.8) is 0 Å². The number of nitrogens with one attached hydrogen (secondary N) is 1. The molecule has 1 heterocycles. The quantitative estimate of drug-likeness (QED) is 0.568. The summed E-state index contributed by atoms with van der Waals surface area (Å²) in [6, 6.07) is 0. The van der Waals surface area contributed by atoms with Crippen LogP contribution >= 0.6 is 0 Å². The Morgan fingerprint density at radius 1 is 1.67 bits per heavy atom. The highest BCUT2D eigenvalue weighted by atomic mass is 16.3. The molecule has 0 saturated heterocycles. The molecule has 0 aromatic carbocycles. The fourth-order valence-electron chi connectivity index (χ4n) is 1.58. The van der Waals surface area contributed by atoms with Crippen LogP contribution in [0.1, 0.15) is 30.3 Å². The van der Waals surface area contributed by atoms with Gasteiger partial charge in [0.05, 0.1) is 6.33 Å². The van der Waals surface area contributed by atoms with Gasteiger partial charge in [0, 0.05) is 32.4 Å². The molecule has 0 fully saturated rings. The number of amides is 1. The number of carbonyl (C=O) groups excluding carboxylic acids is 1. The van der Waals surface area contributed by atoms with Crippen molar-refractivity contribution in [1.82, 2.24) is 14.9 Å². The van der Waals surface area contributed by atoms with E-state index in [1.54, 1.807) is 17.1 Å². The average Bonchev–Trinajstić information content (AvgIpc) is 2.83. The molecule has 102 valence electrons. The van der Waals surface area contributed by atoms with Crippen molar-refractivity contribution >= 4 is 5.91 Å². The standard InChI is InChI=1S/C12H22N4O2/c1-10(8-17)3-2-5-14-12(18)11-7-16(6-4-13)9-15-11/h7,9-10,17H,2-6,8,13H2,1H3,(H,14,18). The Bertz CT molecular complexity index is 365. The summed E-state index contributed by atoms with van der Waals surface area (Å²) >= 11 is 0. The highest BCUT2D eigenvalue weighted by Crippen LogP contribution is 2.03. The summed E-state index contributed by atoms with van der Waals surface area (Å²) in [4.78, 5) is 15.7. The summed E-state index contributed by atoms with van der Waals surface area (Å²) in [6.45, 7) is 3.96. The highest BCUT2D eigenvalue weighted by molar-refractivity contribution is 5.91. The number of imidazole rings is 1. The van der Waals surface area contributed by atoms with Crippen LogP contribution in [-0.4, -0.2) is 40.3 Å². The zero-order valence-corrected chi connectivity index (χ0v) is 10.8. The van der Waals surface area contributed by atoms with Crippen molar-refractivity contribution in [2.45, 2.75) is 26.3 Å². The number of aliphatic hydroxyl groups is 1. The third-order valence-electron chi connectivity index (χ3n) is 2.72. The summed E-state index contributed by atoms with van der Waals surface area (Å²) in [7, 11) is 0. The fourth-order valence-corrected chi connectivity index (χ4v) is 1.58. The Hall–Kier alpha value is -1.40. The second-order valence-corrected chi connectivity index (χ2v) is 4.47. The molecule has 1 unspecified atom stereocenters. The lowest BCUT2D eigenvalue weighted by molar-refractivity contribution is 0.0947. The van der Waals surface area contributed by atoms with E-state index in [4.69, 9.17) is 10.8 Å². The van der Waals surface area contributed by atoms with E-state index in [0.29, 0.717) is 25.3 Å². The van der Waals surface area contributed by atoms with Crippen molar-refractivity contribution < 1.29 is 9.90 Å². The Morgan fingerprint density at radius 2 is 2.44 bits per heavy atom. The van der Waals surface area contributed by atoms with Gasteiger partial charge in [0.1, 0.15) is 5.69 Å². The smallest absolute Gasteiger partial charge is 0.271 e. The fraction of sp³-hybridized carbons (Fsp3) is 0.667. The minimum atomic E-state index is -0.164. The SMILES string of the molecule is CC(CO)CCCNC(=O)c1cn(CCN)cn1. The molecule has 6 heteroatoms. The first kappa shape index (κ1) is 14.7. The van der Waals surface area contributed by atoms with Crippen molar-refractivity contribution in [2.24, 2.45) is 11.7 Å². The predicted molar refractivity (Wildman–Crippen MR) is 69.1 cm³/mol. The van der Waals surface area contributed by atoms with Gasteiger partial charge in [0.15, 0.2) is 0 Å². The van der Waals surface area contributed by atoms with E-state index < -0.39 is 0 Å². The van der Waals surface area contributed by atoms with E-state index in [9.17, 15) is 4.79 Å². The lowest BCUT2D eigenvalue weighted by atomic mass is 10.1. The third-order valence-corrected chi connectivity index (χ3v) is 2.72. The molecule has 0 bridgehead atoms. The van der Waals surface area contributed by atoms with Crippen LogP contribution in [0.5, 0.6) is 0 Å². The molecule has 0 saturated carbocycles. The van der Waals surface area contributed by atoms with Gasteiger partial charge in [-0.1, -0.05) is 6.92 Å². The van der Waals surface area contributed by atoms with Crippen molar-refractivity contribution in [1.29, 1.82) is 0 Å². The van der Waals surface area contributed by atoms with Crippen LogP contribution in [0.15, 0.2) is 12.5 Å². The monoisotopic (exact) mass is 254 g/mol. The van der Waals surface area contributed by atoms with E-state index in [2.05, 4.69) is 10.3 Å². The van der Waals surface area contributed by atoms with Gasteiger partial charge < -0.3 is 20.7 Å². The lowest BCUT2D eigenvalue weighted by Crippen LogP contribution is -2.25. The molecule has 0 aliphatic heterocycles. The normalized spacial score (nSPS) is 12.4. The summed E-state index contributed by atoms with van der Waals surface area (Å²) in [5, 5.41) is 11.7. The first-order valence-electron chi connectivity index (χ1n) is 6.28. The summed E-state index contributed by atoms with van der Waals surface area (Å²) in [5.74, 6) is 0.119. The molecule has 0 aliphatic carbocycles. The van der Waals surface area contributed by atoms with Crippen molar-refractivity contribution in [3.05, 3.63) is 18.2 Å². The molecular formula is C12H22N4O2. The van der Waals surface area contributed by atoms with Gasteiger partial charge in [0.25, 0.3) is 5.91 Å². The number of hydrogen-bond acceptors (Lipinski definition) is 4. The summed E-state index contributed by atoms with van der Waals surface area (Å²) < 4.78 is 1.79. The molecule has 4 N–H and O–H groups in total. The number of aliphatic hydroxyl groups excluding tert-OH is 1. The molecule has 0 spiro atoms. The molecule has 1 atom stereocenters. The van der Waals surface area contributed by atoms with E-state index in [1.807, 2.05) is 6.92 Å². The van der Waals surface area contributed by atoms with Gasteiger partial charge in [0.2, 0.25) is 0 Å². The van der Waals surface area contributed by atoms with Crippen LogP contribution in [0.25, 0.3) is 0 Å². The Balaban J connectivity index is 2.27. The minimum absolute atomic E-state index is 0.164. The molecule has 0 radical (unpaired) electrons. The predicted octanol–water partition coefficient (Wildman–Crippen LogP) is -0.0198. The van der Waals surface area contributed by atoms with Gasteiger partial charge in [-0.15, -0.1) is 0 Å². The van der Waals surface area contributed by atoms with Crippen molar-refractivity contribution in [2.75, 3.05) is 19.7 Å². The molecule has 1 rings (SSSR count). The molecular weight excluding hydrogens is 232 g/mol. The van der Waals surface area contributed by atoms with Crippen LogP contribution in [0.2, 0.25) is 0 Å². The number of rotatable bonds is 8. The van der Waals surface area contributed by atoms with Gasteiger partial charge >= 0.3 is 0 Å². The maximum Gasteiger partial charge on any atom is 0.271 e. The van der Waals surface area contributed by atoms with Crippen molar-refractivity contribution in [3.8, 4) is 0 Å². The zero-order valence-electron chi connectivity index (χ0n) is 10.8. The Labute approximate surface area is 107 Å². The van der Waals surface area contributed by atoms with Crippen LogP contribution in [0, 0.1) is 5.92 Å². The second kappa shape index (κ2) is 7.84. The summed E-state index contributed by atoms with van der Waals surface area (Å²) in [5.41, 5.74) is 5.83. The number of aromatic nitrogens is 2. The van der Waals surface area contributed by atoms with Crippen LogP contribution in [0.4, 0.5) is 0 Å². The number of nitrogens with two attached hydrogens (primary N) is 1. The number of hydrogen-bond donors (Lipinski definition) is 3. The van der Waals surface area contributed by atoms with Crippen LogP contribution in [0.3, 0.4) is 0 Å². The average molecular weight is 254 g/mol. The molecule has 1 aromatic rings. The van der Waals surface area contributed by atoms with E-state index in [0.717, 1.165) is 12.8 Å². The lowest BCUT2D eigenvalue weighted by Gasteiger charge is -2.07. The highest BCUT2D eigenvalue weighted by Gasteiger charge is 2.08. The van der Waals surface area contributed by atoms with Crippen LogP contribution < -0.4 is 11.1 Å². The molecule has 1 aromatic heterocycles.